The highest BCUT2D eigenvalue weighted by Crippen LogP contribution is 2.39. The summed E-state index contributed by atoms with van der Waals surface area (Å²) in [7, 11) is 3.89. The van der Waals surface area contributed by atoms with Crippen molar-refractivity contribution in [3.8, 4) is 11.4 Å². The number of carbonyl (C=O) groups is 1. The van der Waals surface area contributed by atoms with Gasteiger partial charge in [0.05, 0.1) is 0 Å². The molecule has 0 aliphatic rings. The highest BCUT2D eigenvalue weighted by molar-refractivity contribution is 7.38. The van der Waals surface area contributed by atoms with Crippen LogP contribution in [0.5, 0.6) is 0 Å². The molecular weight excluding hydrogens is 261 g/mol. The summed E-state index contributed by atoms with van der Waals surface area (Å²) >= 11 is 0. The number of benzene rings is 1. The molecule has 0 fully saturated rings. The van der Waals surface area contributed by atoms with Crippen molar-refractivity contribution in [3.05, 3.63) is 35.7 Å². The zero-order chi connectivity index (χ0) is 12.5. The fourth-order valence-corrected chi connectivity index (χ4v) is 1.48. The smallest absolute Gasteiger partial charge is 0.272 e. The molecule has 88 valence electrons. The van der Waals surface area contributed by atoms with E-state index in [0.29, 0.717) is 11.1 Å². The lowest BCUT2D eigenvalue weighted by atomic mass is 10.1. The lowest BCUT2D eigenvalue weighted by Crippen LogP contribution is -1.99. The molecule has 0 saturated carbocycles. The van der Waals surface area contributed by atoms with Gasteiger partial charge in [0.25, 0.3) is 5.89 Å². The molecule has 1 heterocycles. The van der Waals surface area contributed by atoms with E-state index in [1.54, 1.807) is 24.3 Å². The molecule has 2 unspecified atom stereocenters. The Morgan fingerprint density at radius 1 is 1.41 bits per heavy atom. The van der Waals surface area contributed by atoms with Crippen molar-refractivity contribution in [1.82, 2.24) is 10.1 Å². The van der Waals surface area contributed by atoms with Crippen LogP contribution < -0.4 is 0 Å². The first-order chi connectivity index (χ1) is 8.00. The molecule has 0 saturated heterocycles. The number of aromatic nitrogens is 2. The second-order valence-corrected chi connectivity index (χ2v) is 5.78. The Bertz CT molecular complexity index is 551. The fourth-order valence-electron chi connectivity index (χ4n) is 1.25. The van der Waals surface area contributed by atoms with E-state index in [1.807, 2.05) is 18.5 Å². The van der Waals surface area contributed by atoms with Gasteiger partial charge in [-0.3, -0.25) is 4.79 Å². The number of aldehydes is 1. The van der Waals surface area contributed by atoms with Crippen LogP contribution in [0.15, 0.2) is 28.8 Å². The van der Waals surface area contributed by atoms with Gasteiger partial charge in [0.15, 0.2) is 0 Å². The third kappa shape index (κ3) is 2.74. The quantitative estimate of drug-likeness (QED) is 0.634. The van der Waals surface area contributed by atoms with E-state index in [4.69, 9.17) is 4.52 Å². The summed E-state index contributed by atoms with van der Waals surface area (Å²) in [5.74, 6) is 0.0923. The zero-order valence-corrected chi connectivity index (χ0v) is 10.9. The minimum absolute atomic E-state index is 0.154. The highest BCUT2D eigenvalue weighted by atomic mass is 31.1. The van der Waals surface area contributed by atoms with Crippen molar-refractivity contribution in [2.75, 3.05) is 0 Å². The van der Waals surface area contributed by atoms with E-state index in [2.05, 4.69) is 10.1 Å². The van der Waals surface area contributed by atoms with Crippen molar-refractivity contribution in [2.45, 2.75) is 5.15 Å². The van der Waals surface area contributed by atoms with Crippen molar-refractivity contribution in [3.63, 3.8) is 0 Å². The third-order valence-electron chi connectivity index (χ3n) is 2.03. The predicted molar refractivity (Wildman–Crippen MR) is 67.3 cm³/mol. The van der Waals surface area contributed by atoms with Gasteiger partial charge in [0, 0.05) is 11.1 Å². The number of hydrogen-bond donors (Lipinski definition) is 0. The van der Waals surface area contributed by atoms with Gasteiger partial charge < -0.3 is 4.52 Å². The van der Waals surface area contributed by atoms with Crippen LogP contribution in [0.3, 0.4) is 0 Å². The number of alkyl halides is 1. The van der Waals surface area contributed by atoms with Gasteiger partial charge in [-0.05, 0) is 6.07 Å². The number of halogens is 1. The second kappa shape index (κ2) is 4.59. The highest BCUT2D eigenvalue weighted by Gasteiger charge is 2.27. The number of rotatable bonds is 3. The van der Waals surface area contributed by atoms with Crippen molar-refractivity contribution >= 4 is 24.8 Å². The number of nitrogens with zero attached hydrogens (tertiary/aromatic N) is 2. The van der Waals surface area contributed by atoms with Gasteiger partial charge in [0.1, 0.15) is 6.29 Å². The standard InChI is InChI=1S/C10H9FN2O2P2/c11-10(16,17)9-12-8(13-15-9)7-3-1-2-6(4-7)5-14/h1-5H,16-17H2. The van der Waals surface area contributed by atoms with Crippen LogP contribution in [0.4, 0.5) is 4.39 Å². The first-order valence-electron chi connectivity index (χ1n) is 4.67. The molecule has 0 aliphatic heterocycles. The molecule has 2 rings (SSSR count). The molecule has 0 aliphatic carbocycles. The second-order valence-electron chi connectivity index (χ2n) is 3.43. The van der Waals surface area contributed by atoms with Crippen LogP contribution in [0.2, 0.25) is 0 Å². The van der Waals surface area contributed by atoms with E-state index in [1.165, 1.54) is 0 Å². The Morgan fingerprint density at radius 3 is 2.76 bits per heavy atom. The maximum absolute atomic E-state index is 13.5. The Hall–Kier alpha value is -1.18. The van der Waals surface area contributed by atoms with Crippen LogP contribution in [-0.2, 0) is 5.15 Å². The average molecular weight is 270 g/mol. The van der Waals surface area contributed by atoms with Gasteiger partial charge in [-0.1, -0.05) is 41.8 Å². The topological polar surface area (TPSA) is 56.0 Å². The molecule has 0 amide bonds. The normalized spacial score (nSPS) is 11.5. The molecule has 0 radical (unpaired) electrons. The van der Waals surface area contributed by atoms with E-state index in [9.17, 15) is 9.18 Å². The van der Waals surface area contributed by atoms with E-state index < -0.39 is 5.15 Å². The Kier molecular flexibility index (Phi) is 3.32. The van der Waals surface area contributed by atoms with Gasteiger partial charge >= 0.3 is 0 Å². The minimum Gasteiger partial charge on any atom is -0.335 e. The largest absolute Gasteiger partial charge is 0.335 e. The molecule has 1 aromatic heterocycles. The van der Waals surface area contributed by atoms with Gasteiger partial charge in [-0.2, -0.15) is 4.98 Å². The molecule has 4 nitrogen and oxygen atoms in total. The Labute approximate surface area is 101 Å². The monoisotopic (exact) mass is 270 g/mol. The summed E-state index contributed by atoms with van der Waals surface area (Å²) in [4.78, 5) is 14.5. The van der Waals surface area contributed by atoms with Crippen molar-refractivity contribution < 1.29 is 13.7 Å². The third-order valence-corrected chi connectivity index (χ3v) is 2.53. The van der Waals surface area contributed by atoms with Crippen LogP contribution in [-0.4, -0.2) is 16.4 Å². The summed E-state index contributed by atoms with van der Waals surface area (Å²) in [6, 6.07) is 6.67. The molecule has 0 bridgehead atoms. The van der Waals surface area contributed by atoms with Crippen LogP contribution in [0, 0.1) is 0 Å². The predicted octanol–water partition coefficient (Wildman–Crippen LogP) is 2.38. The maximum atomic E-state index is 13.5. The molecule has 0 spiro atoms. The SMILES string of the molecule is O=Cc1cccc(-c2noc(C(F)(P)P)n2)c1. The molecule has 2 atom stereocenters. The molecule has 1 aromatic carbocycles. The minimum atomic E-state index is -1.84. The molecule has 2 aromatic rings. The number of carbonyl (C=O) groups excluding carboxylic acids is 1. The van der Waals surface area contributed by atoms with Crippen molar-refractivity contribution in [2.24, 2.45) is 0 Å². The Balaban J connectivity index is 2.40. The molecule has 17 heavy (non-hydrogen) atoms. The van der Waals surface area contributed by atoms with Gasteiger partial charge in [-0.25, -0.2) is 4.39 Å². The van der Waals surface area contributed by atoms with E-state index >= 15 is 0 Å². The van der Waals surface area contributed by atoms with Gasteiger partial charge in [0.2, 0.25) is 11.0 Å². The van der Waals surface area contributed by atoms with E-state index in [0.717, 1.165) is 6.29 Å². The summed E-state index contributed by atoms with van der Waals surface area (Å²) in [6.45, 7) is 0. The number of hydrogen-bond acceptors (Lipinski definition) is 4. The summed E-state index contributed by atoms with van der Waals surface area (Å²) < 4.78 is 18.3. The zero-order valence-electron chi connectivity index (χ0n) is 8.63. The van der Waals surface area contributed by atoms with Crippen molar-refractivity contribution in [1.29, 1.82) is 0 Å². The summed E-state index contributed by atoms with van der Waals surface area (Å²) in [5.41, 5.74) is 1.10. The van der Waals surface area contributed by atoms with Gasteiger partial charge in [-0.15, -0.1) is 0 Å². The average Bonchev–Trinajstić information content (AvgIpc) is 2.78. The van der Waals surface area contributed by atoms with Crippen LogP contribution >= 0.6 is 18.5 Å². The lowest BCUT2D eigenvalue weighted by Gasteiger charge is -2.05. The molecule has 0 N–H and O–H groups in total. The molecule has 7 heteroatoms. The summed E-state index contributed by atoms with van der Waals surface area (Å²) in [6.07, 6.45) is 0.718. The first-order valence-corrected chi connectivity index (χ1v) is 5.82. The lowest BCUT2D eigenvalue weighted by molar-refractivity contribution is 0.112. The first kappa shape index (κ1) is 12.3. The molecular formula is C10H9FN2O2P2. The van der Waals surface area contributed by atoms with Crippen LogP contribution in [0.25, 0.3) is 11.4 Å². The van der Waals surface area contributed by atoms with E-state index in [-0.39, 0.29) is 11.7 Å². The fraction of sp³-hybridized carbons (Fsp3) is 0.100. The maximum Gasteiger partial charge on any atom is 0.272 e. The van der Waals surface area contributed by atoms with Crippen LogP contribution in [0.1, 0.15) is 16.2 Å². The Morgan fingerprint density at radius 2 is 2.18 bits per heavy atom. The summed E-state index contributed by atoms with van der Waals surface area (Å²) in [5, 5.41) is 1.82.